The molecule has 1 aromatic carbocycles. The third-order valence-electron chi connectivity index (χ3n) is 5.47. The minimum atomic E-state index is -0.297. The molecule has 2 N–H and O–H groups in total. The number of fused-ring (bicyclic) bond motifs is 2. The third-order valence-corrected chi connectivity index (χ3v) is 6.58. The van der Waals surface area contributed by atoms with E-state index in [2.05, 4.69) is 15.6 Å². The minimum absolute atomic E-state index is 0.108. The van der Waals surface area contributed by atoms with Gasteiger partial charge in [0, 0.05) is 17.8 Å². The lowest BCUT2D eigenvalue weighted by atomic mass is 10.2. The van der Waals surface area contributed by atoms with Crippen LogP contribution >= 0.6 is 11.3 Å². The van der Waals surface area contributed by atoms with Gasteiger partial charge in [0.2, 0.25) is 11.8 Å². The Morgan fingerprint density at radius 2 is 1.97 bits per heavy atom. The largest absolute Gasteiger partial charge is 0.486 e. The molecule has 2 aromatic heterocycles. The van der Waals surface area contributed by atoms with Crippen LogP contribution in [0.4, 0.5) is 0 Å². The second kappa shape index (κ2) is 10.0. The number of hydrogen-bond acceptors (Lipinski definition) is 7. The Bertz CT molecular complexity index is 1240. The number of hydrogen-bond donors (Lipinski definition) is 2. The van der Waals surface area contributed by atoms with Gasteiger partial charge in [0.1, 0.15) is 24.1 Å². The fraction of sp³-hybridized carbons (Fsp3) is 0.391. The van der Waals surface area contributed by atoms with Gasteiger partial charge in [-0.1, -0.05) is 12.1 Å². The monoisotopic (exact) mass is 470 g/mol. The van der Waals surface area contributed by atoms with Gasteiger partial charge < -0.3 is 20.1 Å². The zero-order valence-electron chi connectivity index (χ0n) is 18.6. The van der Waals surface area contributed by atoms with E-state index in [1.54, 1.807) is 0 Å². The number of aryl methyl sites for hydroxylation is 2. The number of benzene rings is 1. The molecule has 9 nitrogen and oxygen atoms in total. The summed E-state index contributed by atoms with van der Waals surface area (Å²) in [6.07, 6.45) is 1.91. The molecule has 0 fully saturated rings. The van der Waals surface area contributed by atoms with Crippen molar-refractivity contribution in [1.29, 1.82) is 0 Å². The number of nitrogens with zero attached hydrogens (tertiary/aromatic N) is 2. The Kier molecular flexibility index (Phi) is 6.93. The molecule has 0 unspecified atom stereocenters. The van der Waals surface area contributed by atoms with Gasteiger partial charge >= 0.3 is 0 Å². The Labute approximate surface area is 194 Å². The van der Waals surface area contributed by atoms with Gasteiger partial charge in [-0.05, 0) is 38.0 Å². The van der Waals surface area contributed by atoms with Gasteiger partial charge in [-0.3, -0.25) is 19.0 Å². The normalized spacial score (nSPS) is 14.8. The molecule has 174 valence electrons. The van der Waals surface area contributed by atoms with Crippen LogP contribution in [0.25, 0.3) is 10.2 Å². The molecule has 1 aliphatic rings. The quantitative estimate of drug-likeness (QED) is 0.487. The second-order valence-corrected chi connectivity index (χ2v) is 9.10. The number of carbonyl (C=O) groups is 2. The molecular formula is C23H26N4O5S. The summed E-state index contributed by atoms with van der Waals surface area (Å²) in [6, 6.07) is 7.42. The highest BCUT2D eigenvalue weighted by atomic mass is 32.1. The van der Waals surface area contributed by atoms with Crippen LogP contribution in [0.15, 0.2) is 35.4 Å². The SMILES string of the molecule is Cc1sc2ncn(CC(=O)NCCCC(=O)NC[C@@H]3COc4ccccc4O3)c(=O)c2c1C. The molecule has 0 aliphatic carbocycles. The van der Waals surface area contributed by atoms with Gasteiger partial charge in [-0.2, -0.15) is 0 Å². The number of ether oxygens (including phenoxy) is 2. The molecule has 1 atom stereocenters. The van der Waals surface area contributed by atoms with Crippen LogP contribution < -0.4 is 25.7 Å². The predicted molar refractivity (Wildman–Crippen MR) is 125 cm³/mol. The van der Waals surface area contributed by atoms with Crippen LogP contribution in [-0.2, 0) is 16.1 Å². The molecule has 0 saturated carbocycles. The highest BCUT2D eigenvalue weighted by molar-refractivity contribution is 7.18. The van der Waals surface area contributed by atoms with E-state index >= 15 is 0 Å². The number of para-hydroxylation sites is 2. The average molecular weight is 471 g/mol. The summed E-state index contributed by atoms with van der Waals surface area (Å²) in [6.45, 7) is 4.78. The van der Waals surface area contributed by atoms with Crippen LogP contribution in [-0.4, -0.2) is 47.2 Å². The zero-order valence-corrected chi connectivity index (χ0v) is 19.4. The number of carbonyl (C=O) groups excluding carboxylic acids is 2. The van der Waals surface area contributed by atoms with Crippen molar-refractivity contribution in [3.63, 3.8) is 0 Å². The van der Waals surface area contributed by atoms with E-state index in [1.807, 2.05) is 38.1 Å². The molecule has 0 bridgehead atoms. The number of amides is 2. The van der Waals surface area contributed by atoms with Crippen LogP contribution in [0.1, 0.15) is 23.3 Å². The molecule has 4 rings (SSSR count). The molecule has 3 heterocycles. The van der Waals surface area contributed by atoms with Crippen molar-refractivity contribution >= 4 is 33.4 Å². The van der Waals surface area contributed by atoms with Crippen molar-refractivity contribution in [3.05, 3.63) is 51.4 Å². The van der Waals surface area contributed by atoms with E-state index in [1.165, 1.54) is 22.2 Å². The van der Waals surface area contributed by atoms with Crippen molar-refractivity contribution in [2.75, 3.05) is 19.7 Å². The summed E-state index contributed by atoms with van der Waals surface area (Å²) >= 11 is 1.47. The summed E-state index contributed by atoms with van der Waals surface area (Å²) in [5, 5.41) is 6.15. The topological polar surface area (TPSA) is 112 Å². The van der Waals surface area contributed by atoms with Crippen molar-refractivity contribution in [2.45, 2.75) is 39.3 Å². The van der Waals surface area contributed by atoms with Crippen LogP contribution in [0.5, 0.6) is 11.5 Å². The van der Waals surface area contributed by atoms with Crippen molar-refractivity contribution in [1.82, 2.24) is 20.2 Å². The lowest BCUT2D eigenvalue weighted by Crippen LogP contribution is -2.40. The highest BCUT2D eigenvalue weighted by Gasteiger charge is 2.21. The van der Waals surface area contributed by atoms with E-state index in [0.29, 0.717) is 47.8 Å². The van der Waals surface area contributed by atoms with Gasteiger partial charge in [0.05, 0.1) is 18.3 Å². The Morgan fingerprint density at radius 1 is 1.18 bits per heavy atom. The molecule has 3 aromatic rings. The maximum absolute atomic E-state index is 12.7. The first-order valence-electron chi connectivity index (χ1n) is 10.8. The van der Waals surface area contributed by atoms with Crippen molar-refractivity contribution < 1.29 is 19.1 Å². The molecule has 2 amide bonds. The van der Waals surface area contributed by atoms with Crippen molar-refractivity contribution in [2.24, 2.45) is 0 Å². The summed E-state index contributed by atoms with van der Waals surface area (Å²) in [7, 11) is 0. The first-order chi connectivity index (χ1) is 15.9. The molecule has 1 aliphatic heterocycles. The Balaban J connectivity index is 1.17. The van der Waals surface area contributed by atoms with E-state index in [0.717, 1.165) is 10.4 Å². The zero-order chi connectivity index (χ0) is 23.4. The van der Waals surface area contributed by atoms with E-state index in [9.17, 15) is 14.4 Å². The first kappa shape index (κ1) is 22.8. The van der Waals surface area contributed by atoms with Gasteiger partial charge in [0.15, 0.2) is 11.5 Å². The van der Waals surface area contributed by atoms with E-state index in [4.69, 9.17) is 9.47 Å². The van der Waals surface area contributed by atoms with Gasteiger partial charge in [0.25, 0.3) is 5.56 Å². The van der Waals surface area contributed by atoms with Crippen LogP contribution in [0, 0.1) is 13.8 Å². The maximum atomic E-state index is 12.7. The fourth-order valence-electron chi connectivity index (χ4n) is 3.55. The molecule has 0 saturated heterocycles. The Morgan fingerprint density at radius 3 is 2.79 bits per heavy atom. The summed E-state index contributed by atoms with van der Waals surface area (Å²) in [5.41, 5.74) is 0.690. The van der Waals surface area contributed by atoms with Crippen molar-refractivity contribution in [3.8, 4) is 11.5 Å². The lowest BCUT2D eigenvalue weighted by Gasteiger charge is -2.26. The number of nitrogens with one attached hydrogen (secondary N) is 2. The van der Waals surface area contributed by atoms with E-state index in [-0.39, 0.29) is 36.4 Å². The summed E-state index contributed by atoms with van der Waals surface area (Å²) < 4.78 is 12.8. The summed E-state index contributed by atoms with van der Waals surface area (Å²) in [4.78, 5) is 43.0. The lowest BCUT2D eigenvalue weighted by molar-refractivity contribution is -0.123. The van der Waals surface area contributed by atoms with Crippen LogP contribution in [0.2, 0.25) is 0 Å². The molecule has 33 heavy (non-hydrogen) atoms. The molecule has 0 spiro atoms. The standard InChI is InChI=1S/C23H26N4O5S/c1-14-15(2)33-22-21(14)23(30)27(13-26-22)11-20(29)24-9-5-8-19(28)25-10-16-12-31-17-6-3-4-7-18(17)32-16/h3-4,6-7,13,16H,5,8-12H2,1-2H3,(H,24,29)(H,25,28)/t16-/m1/s1. The molecule has 0 radical (unpaired) electrons. The first-order valence-corrected chi connectivity index (χ1v) is 11.6. The number of aromatic nitrogens is 2. The Hall–Kier alpha value is -3.40. The smallest absolute Gasteiger partial charge is 0.262 e. The van der Waals surface area contributed by atoms with Gasteiger partial charge in [-0.25, -0.2) is 4.98 Å². The fourth-order valence-corrected chi connectivity index (χ4v) is 4.54. The second-order valence-electron chi connectivity index (χ2n) is 7.90. The maximum Gasteiger partial charge on any atom is 0.262 e. The highest BCUT2D eigenvalue weighted by Crippen LogP contribution is 2.30. The predicted octanol–water partition coefficient (Wildman–Crippen LogP) is 1.93. The third kappa shape index (κ3) is 5.33. The summed E-state index contributed by atoms with van der Waals surface area (Å²) in [5.74, 6) is 0.952. The average Bonchev–Trinajstić information content (AvgIpc) is 3.11. The minimum Gasteiger partial charge on any atom is -0.486 e. The molecular weight excluding hydrogens is 444 g/mol. The number of rotatable bonds is 8. The van der Waals surface area contributed by atoms with Crippen LogP contribution in [0.3, 0.4) is 0 Å². The number of thiophene rings is 1. The van der Waals surface area contributed by atoms with E-state index < -0.39 is 0 Å². The van der Waals surface area contributed by atoms with Gasteiger partial charge in [-0.15, -0.1) is 11.3 Å². The molecule has 10 heteroatoms.